The first-order valence-electron chi connectivity index (χ1n) is 10.6. The lowest BCUT2D eigenvalue weighted by Crippen LogP contribution is -1.83. The van der Waals surface area contributed by atoms with Gasteiger partial charge in [-0.15, -0.1) is 0 Å². The quantitative estimate of drug-likeness (QED) is 0.165. The Labute approximate surface area is 148 Å². The third-order valence-corrected chi connectivity index (χ3v) is 4.70. The molecule has 23 heavy (non-hydrogen) atoms. The monoisotopic (exact) mass is 320 g/mol. The van der Waals surface area contributed by atoms with E-state index in [1.54, 1.807) is 0 Å². The molecule has 0 bridgehead atoms. The van der Waals surface area contributed by atoms with Crippen LogP contribution in [0.25, 0.3) is 0 Å². The van der Waals surface area contributed by atoms with Crippen LogP contribution >= 0.6 is 0 Å². The van der Waals surface area contributed by atoms with E-state index in [4.69, 9.17) is 0 Å². The van der Waals surface area contributed by atoms with Crippen molar-refractivity contribution in [1.82, 2.24) is 0 Å². The lowest BCUT2D eigenvalue weighted by molar-refractivity contribution is 0.528. The average molecular weight is 321 g/mol. The predicted octanol–water partition coefficient (Wildman–Crippen LogP) is 8.62. The molecule has 0 aromatic rings. The second kappa shape index (κ2) is 21.7. The van der Waals surface area contributed by atoms with Crippen LogP contribution in [0.2, 0.25) is 0 Å². The van der Waals surface area contributed by atoms with Crippen molar-refractivity contribution in [3.63, 3.8) is 0 Å². The van der Waals surface area contributed by atoms with Gasteiger partial charge in [0.05, 0.1) is 0 Å². The highest BCUT2D eigenvalue weighted by Crippen LogP contribution is 2.14. The van der Waals surface area contributed by atoms with Crippen molar-refractivity contribution in [2.45, 2.75) is 122 Å². The molecule has 0 amide bonds. The van der Waals surface area contributed by atoms with Gasteiger partial charge in [-0.1, -0.05) is 122 Å². The summed E-state index contributed by atoms with van der Waals surface area (Å²) in [6.45, 7) is 7.71. The molecule has 136 valence electrons. The van der Waals surface area contributed by atoms with Crippen LogP contribution in [0.15, 0.2) is 12.2 Å². The fourth-order valence-corrected chi connectivity index (χ4v) is 3.15. The highest BCUT2D eigenvalue weighted by molar-refractivity contribution is 4.81. The highest BCUT2D eigenvalue weighted by Gasteiger charge is 1.94. The van der Waals surface area contributed by atoms with E-state index in [1.807, 2.05) is 0 Å². The van der Waals surface area contributed by atoms with E-state index in [0.29, 0.717) is 0 Å². The Kier molecular flexibility index (Phi) is 21.5. The van der Waals surface area contributed by atoms with Gasteiger partial charge in [0.25, 0.3) is 0 Å². The summed E-state index contributed by atoms with van der Waals surface area (Å²) in [7, 11) is 0. The standard InChI is InChI=1S/C23H44/c1-3-5-7-9-11-13-15-17-19-21-23-22-20-18-16-14-12-10-8-6-4-2/h5,7H,1-4,6,8-23H2. The Hall–Kier alpha value is -0.260. The molecule has 0 aromatic heterocycles. The van der Waals surface area contributed by atoms with Crippen LogP contribution in [-0.2, 0) is 0 Å². The lowest BCUT2D eigenvalue weighted by atomic mass is 10.0. The summed E-state index contributed by atoms with van der Waals surface area (Å²) in [5.41, 5.74) is 0. The normalized spacial score (nSPS) is 11.6. The molecule has 0 saturated carbocycles. The topological polar surface area (TPSA) is 0 Å². The molecule has 0 aliphatic rings. The molecule has 2 radical (unpaired) electrons. The maximum atomic E-state index is 3.90. The zero-order valence-corrected chi connectivity index (χ0v) is 16.0. The Morgan fingerprint density at radius 2 is 0.739 bits per heavy atom. The average Bonchev–Trinajstić information content (AvgIpc) is 2.57. The van der Waals surface area contributed by atoms with E-state index < -0.39 is 0 Å². The van der Waals surface area contributed by atoms with Crippen molar-refractivity contribution in [2.24, 2.45) is 0 Å². The molecule has 0 atom stereocenters. The van der Waals surface area contributed by atoms with Gasteiger partial charge in [-0.2, -0.15) is 0 Å². The molecule has 0 nitrogen and oxygen atoms in total. The Balaban J connectivity index is 2.96. The van der Waals surface area contributed by atoms with Crippen LogP contribution in [0.3, 0.4) is 0 Å². The third kappa shape index (κ3) is 21.7. The van der Waals surface area contributed by atoms with Crippen LogP contribution in [0.1, 0.15) is 122 Å². The van der Waals surface area contributed by atoms with E-state index in [2.05, 4.69) is 26.0 Å². The summed E-state index contributed by atoms with van der Waals surface area (Å²) < 4.78 is 0. The minimum absolute atomic E-state index is 0.941. The summed E-state index contributed by atoms with van der Waals surface area (Å²) in [5.74, 6) is 0. The van der Waals surface area contributed by atoms with Crippen LogP contribution in [-0.4, -0.2) is 0 Å². The molecule has 0 spiro atoms. The molecule has 0 saturated heterocycles. The second-order valence-corrected chi connectivity index (χ2v) is 7.06. The zero-order valence-electron chi connectivity index (χ0n) is 16.0. The highest BCUT2D eigenvalue weighted by atomic mass is 14.0. The van der Waals surface area contributed by atoms with E-state index in [9.17, 15) is 0 Å². The van der Waals surface area contributed by atoms with Gasteiger partial charge in [-0.05, 0) is 26.2 Å². The molecule has 0 heteroatoms. The molecule has 0 aliphatic heterocycles. The molecule has 0 rings (SSSR count). The molecule has 0 unspecified atom stereocenters. The second-order valence-electron chi connectivity index (χ2n) is 7.06. The van der Waals surface area contributed by atoms with Crippen LogP contribution in [0.5, 0.6) is 0 Å². The van der Waals surface area contributed by atoms with E-state index in [0.717, 1.165) is 12.8 Å². The van der Waals surface area contributed by atoms with Crippen LogP contribution in [0, 0.1) is 13.8 Å². The zero-order chi connectivity index (χ0) is 16.8. The predicted molar refractivity (Wildman–Crippen MR) is 108 cm³/mol. The molecule has 0 N–H and O–H groups in total. The summed E-state index contributed by atoms with van der Waals surface area (Å²) in [6.07, 6.45) is 30.8. The first-order valence-corrected chi connectivity index (χ1v) is 10.6. The van der Waals surface area contributed by atoms with Crippen molar-refractivity contribution >= 4 is 0 Å². The summed E-state index contributed by atoms with van der Waals surface area (Å²) in [5, 5.41) is 0. The largest absolute Gasteiger partial charge is 0.0885 e. The Bertz CT molecular complexity index is 216. The van der Waals surface area contributed by atoms with Crippen LogP contribution in [0.4, 0.5) is 0 Å². The van der Waals surface area contributed by atoms with Crippen LogP contribution < -0.4 is 0 Å². The first kappa shape index (κ1) is 22.7. The van der Waals surface area contributed by atoms with Gasteiger partial charge in [-0.25, -0.2) is 0 Å². The number of allylic oxidation sites excluding steroid dienone is 2. The first-order chi connectivity index (χ1) is 11.4. The van der Waals surface area contributed by atoms with Crippen molar-refractivity contribution in [3.8, 4) is 0 Å². The third-order valence-electron chi connectivity index (χ3n) is 4.70. The molecular formula is C23H44. The molecule has 0 heterocycles. The van der Waals surface area contributed by atoms with Gasteiger partial charge in [0.1, 0.15) is 0 Å². The van der Waals surface area contributed by atoms with Gasteiger partial charge in [0.15, 0.2) is 0 Å². The van der Waals surface area contributed by atoms with Gasteiger partial charge in [0.2, 0.25) is 0 Å². The minimum Gasteiger partial charge on any atom is -0.0885 e. The smallest absolute Gasteiger partial charge is 0.0351 e. The maximum Gasteiger partial charge on any atom is -0.0351 e. The maximum absolute atomic E-state index is 3.90. The summed E-state index contributed by atoms with van der Waals surface area (Å²) in [6, 6.07) is 0. The lowest BCUT2D eigenvalue weighted by Gasteiger charge is -2.03. The number of rotatable bonds is 19. The van der Waals surface area contributed by atoms with Gasteiger partial charge in [-0.3, -0.25) is 0 Å². The summed E-state index contributed by atoms with van der Waals surface area (Å²) >= 11 is 0. The summed E-state index contributed by atoms with van der Waals surface area (Å²) in [4.78, 5) is 0. The van der Waals surface area contributed by atoms with Crippen molar-refractivity contribution < 1.29 is 0 Å². The molecule has 0 aliphatic carbocycles. The molecule has 0 fully saturated rings. The molecular weight excluding hydrogens is 276 g/mol. The SMILES string of the molecule is [CH2]CC=CCCCCCCCCCCCCCCCCCC[CH2]. The molecule has 0 aromatic carbocycles. The van der Waals surface area contributed by atoms with Gasteiger partial charge < -0.3 is 0 Å². The fourth-order valence-electron chi connectivity index (χ4n) is 3.15. The van der Waals surface area contributed by atoms with E-state index in [-0.39, 0.29) is 0 Å². The van der Waals surface area contributed by atoms with Gasteiger partial charge in [0, 0.05) is 0 Å². The minimum atomic E-state index is 0.941. The number of hydrogen-bond donors (Lipinski definition) is 0. The Morgan fingerprint density at radius 1 is 0.391 bits per heavy atom. The van der Waals surface area contributed by atoms with Crippen molar-refractivity contribution in [1.29, 1.82) is 0 Å². The number of unbranched alkanes of at least 4 members (excludes halogenated alkanes) is 17. The fraction of sp³-hybridized carbons (Fsp3) is 0.826. The van der Waals surface area contributed by atoms with Crippen molar-refractivity contribution in [2.75, 3.05) is 0 Å². The van der Waals surface area contributed by atoms with E-state index in [1.165, 1.54) is 109 Å². The Morgan fingerprint density at radius 3 is 1.09 bits per heavy atom. The van der Waals surface area contributed by atoms with Gasteiger partial charge >= 0.3 is 0 Å². The number of hydrogen-bond acceptors (Lipinski definition) is 0. The van der Waals surface area contributed by atoms with E-state index >= 15 is 0 Å². The van der Waals surface area contributed by atoms with Crippen molar-refractivity contribution in [3.05, 3.63) is 26.0 Å².